The van der Waals surface area contributed by atoms with Gasteiger partial charge in [-0.25, -0.2) is 0 Å². The van der Waals surface area contributed by atoms with Gasteiger partial charge in [0, 0.05) is 6.04 Å². The van der Waals surface area contributed by atoms with Crippen LogP contribution < -0.4 is 5.32 Å². The van der Waals surface area contributed by atoms with Gasteiger partial charge in [-0.1, -0.05) is 58.8 Å². The zero-order valence-corrected chi connectivity index (χ0v) is 13.3. The summed E-state index contributed by atoms with van der Waals surface area (Å²) in [6, 6.07) is 0.829. The van der Waals surface area contributed by atoms with E-state index in [1.807, 2.05) is 0 Å². The molecule has 112 valence electrons. The molecule has 1 unspecified atom stereocenters. The first kappa shape index (κ1) is 15.4. The van der Waals surface area contributed by atoms with Crippen LogP contribution in [0.15, 0.2) is 0 Å². The smallest absolute Gasteiger partial charge is 0.0123 e. The number of rotatable bonds is 4. The first-order valence-electron chi connectivity index (χ1n) is 9.04. The fourth-order valence-corrected chi connectivity index (χ4v) is 4.45. The predicted octanol–water partition coefficient (Wildman–Crippen LogP) is 5.15. The predicted molar refractivity (Wildman–Crippen MR) is 84.4 cm³/mol. The van der Waals surface area contributed by atoms with Gasteiger partial charge in [-0.15, -0.1) is 0 Å². The van der Waals surface area contributed by atoms with E-state index < -0.39 is 0 Å². The van der Waals surface area contributed by atoms with Crippen LogP contribution in [-0.4, -0.2) is 12.6 Å². The molecule has 0 heterocycles. The first-order chi connectivity index (χ1) is 9.31. The van der Waals surface area contributed by atoms with Gasteiger partial charge in [-0.3, -0.25) is 0 Å². The van der Waals surface area contributed by atoms with Gasteiger partial charge in [0.15, 0.2) is 0 Å². The Morgan fingerprint density at radius 1 is 0.789 bits per heavy atom. The molecular formula is C18H35N. The molecule has 0 aliphatic heterocycles. The lowest BCUT2D eigenvalue weighted by Gasteiger charge is -2.38. The highest BCUT2D eigenvalue weighted by Crippen LogP contribution is 2.36. The van der Waals surface area contributed by atoms with Crippen LogP contribution in [0, 0.1) is 17.8 Å². The Balaban J connectivity index is 1.92. The van der Waals surface area contributed by atoms with Gasteiger partial charge in [-0.2, -0.15) is 0 Å². The summed E-state index contributed by atoms with van der Waals surface area (Å²) < 4.78 is 0. The van der Waals surface area contributed by atoms with Crippen molar-refractivity contribution in [2.75, 3.05) is 6.54 Å². The molecule has 0 bridgehead atoms. The Kier molecular flexibility index (Phi) is 6.70. The fraction of sp³-hybridized carbons (Fsp3) is 1.00. The van der Waals surface area contributed by atoms with Gasteiger partial charge < -0.3 is 5.32 Å². The maximum atomic E-state index is 3.89. The number of hydrogen-bond acceptors (Lipinski definition) is 1. The first-order valence-corrected chi connectivity index (χ1v) is 9.04. The maximum absolute atomic E-state index is 3.89. The van der Waals surface area contributed by atoms with Crippen molar-refractivity contribution in [2.24, 2.45) is 17.8 Å². The van der Waals surface area contributed by atoms with Crippen molar-refractivity contribution in [3.05, 3.63) is 0 Å². The van der Waals surface area contributed by atoms with E-state index >= 15 is 0 Å². The van der Waals surface area contributed by atoms with E-state index in [9.17, 15) is 0 Å². The lowest BCUT2D eigenvalue weighted by Crippen LogP contribution is -2.43. The third-order valence-corrected chi connectivity index (χ3v) is 5.67. The fourth-order valence-electron chi connectivity index (χ4n) is 4.45. The van der Waals surface area contributed by atoms with E-state index in [0.29, 0.717) is 0 Å². The highest BCUT2D eigenvalue weighted by atomic mass is 14.9. The van der Waals surface area contributed by atoms with Crippen LogP contribution in [0.2, 0.25) is 0 Å². The quantitative estimate of drug-likeness (QED) is 0.741. The lowest BCUT2D eigenvalue weighted by atomic mass is 9.73. The van der Waals surface area contributed by atoms with Gasteiger partial charge in [0.05, 0.1) is 0 Å². The van der Waals surface area contributed by atoms with Gasteiger partial charge in [0.2, 0.25) is 0 Å². The molecule has 0 aromatic heterocycles. The van der Waals surface area contributed by atoms with Gasteiger partial charge in [0.1, 0.15) is 0 Å². The van der Waals surface area contributed by atoms with E-state index in [4.69, 9.17) is 0 Å². The number of hydrogen-bond donors (Lipinski definition) is 1. The number of nitrogens with one attached hydrogen (secondary N) is 1. The van der Waals surface area contributed by atoms with Crippen LogP contribution in [0.5, 0.6) is 0 Å². The van der Waals surface area contributed by atoms with Crippen molar-refractivity contribution < 1.29 is 0 Å². The highest BCUT2D eigenvalue weighted by Gasteiger charge is 2.31. The zero-order valence-electron chi connectivity index (χ0n) is 13.3. The molecule has 1 atom stereocenters. The highest BCUT2D eigenvalue weighted by molar-refractivity contribution is 4.86. The molecule has 2 aliphatic rings. The Bertz CT molecular complexity index is 222. The second-order valence-electron chi connectivity index (χ2n) is 7.21. The molecule has 2 saturated carbocycles. The Morgan fingerprint density at radius 3 is 1.89 bits per heavy atom. The minimum Gasteiger partial charge on any atom is -0.314 e. The van der Waals surface area contributed by atoms with E-state index in [-0.39, 0.29) is 0 Å². The zero-order chi connectivity index (χ0) is 13.5. The molecule has 0 spiro atoms. The molecule has 0 saturated heterocycles. The maximum Gasteiger partial charge on any atom is 0.0123 e. The summed E-state index contributed by atoms with van der Waals surface area (Å²) >= 11 is 0. The van der Waals surface area contributed by atoms with Crippen LogP contribution >= 0.6 is 0 Å². The standard InChI is InChI=1S/C18H35N/c1-3-19-18(17-13-11-15(2)12-14-17)16-9-7-5-4-6-8-10-16/h15-19H,3-14H2,1-2H3. The molecule has 0 radical (unpaired) electrons. The minimum absolute atomic E-state index is 0.829. The van der Waals surface area contributed by atoms with Gasteiger partial charge in [-0.05, 0) is 50.0 Å². The monoisotopic (exact) mass is 265 g/mol. The Labute approximate surface area is 120 Å². The molecule has 2 rings (SSSR count). The van der Waals surface area contributed by atoms with Crippen molar-refractivity contribution in [1.82, 2.24) is 5.32 Å². The minimum atomic E-state index is 0.829. The molecule has 0 aromatic carbocycles. The second kappa shape index (κ2) is 8.29. The van der Waals surface area contributed by atoms with Crippen LogP contribution in [0.3, 0.4) is 0 Å². The van der Waals surface area contributed by atoms with Crippen molar-refractivity contribution in [1.29, 1.82) is 0 Å². The summed E-state index contributed by atoms with van der Waals surface area (Å²) in [5.74, 6) is 2.93. The summed E-state index contributed by atoms with van der Waals surface area (Å²) in [5, 5.41) is 3.89. The summed E-state index contributed by atoms with van der Waals surface area (Å²) in [5.41, 5.74) is 0. The Morgan fingerprint density at radius 2 is 1.32 bits per heavy atom. The van der Waals surface area contributed by atoms with Crippen molar-refractivity contribution in [2.45, 2.75) is 90.5 Å². The average molecular weight is 265 g/mol. The summed E-state index contributed by atoms with van der Waals surface area (Å²) in [4.78, 5) is 0. The van der Waals surface area contributed by atoms with E-state index in [1.165, 1.54) is 70.6 Å². The SMILES string of the molecule is CCNC(C1CCCCCCC1)C1CCC(C)CC1. The average Bonchev–Trinajstić information content (AvgIpc) is 2.38. The molecule has 19 heavy (non-hydrogen) atoms. The van der Waals surface area contributed by atoms with Crippen LogP contribution in [0.25, 0.3) is 0 Å². The van der Waals surface area contributed by atoms with Crippen LogP contribution in [0.1, 0.15) is 84.5 Å². The lowest BCUT2D eigenvalue weighted by molar-refractivity contribution is 0.165. The summed E-state index contributed by atoms with van der Waals surface area (Å²) in [6.45, 7) is 5.89. The molecule has 2 fully saturated rings. The third kappa shape index (κ3) is 4.77. The second-order valence-corrected chi connectivity index (χ2v) is 7.21. The molecule has 1 N–H and O–H groups in total. The molecule has 1 heteroatoms. The molecule has 2 aliphatic carbocycles. The van der Waals surface area contributed by atoms with Crippen LogP contribution in [0.4, 0.5) is 0 Å². The summed E-state index contributed by atoms with van der Waals surface area (Å²) in [6.07, 6.45) is 16.3. The summed E-state index contributed by atoms with van der Waals surface area (Å²) in [7, 11) is 0. The van der Waals surface area contributed by atoms with Crippen molar-refractivity contribution in [3.63, 3.8) is 0 Å². The normalized spacial score (nSPS) is 32.5. The van der Waals surface area contributed by atoms with Crippen LogP contribution in [-0.2, 0) is 0 Å². The molecule has 0 aromatic rings. The van der Waals surface area contributed by atoms with E-state index in [0.717, 1.165) is 30.3 Å². The largest absolute Gasteiger partial charge is 0.314 e. The Hall–Kier alpha value is -0.0400. The van der Waals surface area contributed by atoms with Crippen molar-refractivity contribution in [3.8, 4) is 0 Å². The molecular weight excluding hydrogens is 230 g/mol. The molecule has 1 nitrogen and oxygen atoms in total. The van der Waals surface area contributed by atoms with Crippen molar-refractivity contribution >= 4 is 0 Å². The topological polar surface area (TPSA) is 12.0 Å². The van der Waals surface area contributed by atoms with Gasteiger partial charge >= 0.3 is 0 Å². The van der Waals surface area contributed by atoms with E-state index in [2.05, 4.69) is 19.2 Å². The van der Waals surface area contributed by atoms with E-state index in [1.54, 1.807) is 0 Å². The van der Waals surface area contributed by atoms with Gasteiger partial charge in [0.25, 0.3) is 0 Å². The third-order valence-electron chi connectivity index (χ3n) is 5.67. The molecule has 0 amide bonds.